The van der Waals surface area contributed by atoms with E-state index >= 15 is 0 Å². The molecule has 292 valence electrons. The second kappa shape index (κ2) is 18.9. The standard InChI is InChI=1S/C39H41Cl2N9O6/c1-24(55-2)35-30(22-43-33-20-32(41)48-50(33)35)46-39(54)45-29-19-26(40)21-44-37(29)56-18-17-42-16-10-6-4-3-5-7-11-25-23-49(31-14-15-34(51)47-36(31)52)38(53)28-13-9-8-12-27(25)28/h8-9,12-13,19-24,31,42H,3-6,10,14-18H2,1-2H3,(H2,45,46,54)(H,47,51,52)/t24-,31?/m0/s1. The van der Waals surface area contributed by atoms with Crippen LogP contribution in [0.1, 0.15) is 75.3 Å². The Kier molecular flexibility index (Phi) is 13.5. The van der Waals surface area contributed by atoms with Crippen molar-refractivity contribution in [2.24, 2.45) is 0 Å². The molecule has 5 aromatic rings. The molecule has 0 saturated carbocycles. The summed E-state index contributed by atoms with van der Waals surface area (Å²) in [7, 11) is 1.55. The summed E-state index contributed by atoms with van der Waals surface area (Å²) in [6.45, 7) is 3.48. The summed E-state index contributed by atoms with van der Waals surface area (Å²) < 4.78 is 14.3. The van der Waals surface area contributed by atoms with Gasteiger partial charge in [-0.05, 0) is 44.9 Å². The van der Waals surface area contributed by atoms with Gasteiger partial charge in [-0.1, -0.05) is 66.1 Å². The number of unbranched alkanes of at least 4 members (excludes halogenated alkanes) is 4. The second-order valence-corrected chi connectivity index (χ2v) is 13.9. The number of anilines is 2. The van der Waals surface area contributed by atoms with Gasteiger partial charge in [-0.15, -0.1) is 0 Å². The first-order chi connectivity index (χ1) is 27.1. The Morgan fingerprint density at radius 2 is 1.80 bits per heavy atom. The van der Waals surface area contributed by atoms with Crippen molar-refractivity contribution in [3.05, 3.63) is 86.8 Å². The van der Waals surface area contributed by atoms with E-state index in [1.165, 1.54) is 21.5 Å². The lowest BCUT2D eigenvalue weighted by atomic mass is 10.0. The Bertz CT molecular complexity index is 2370. The van der Waals surface area contributed by atoms with Crippen molar-refractivity contribution < 1.29 is 23.9 Å². The lowest BCUT2D eigenvalue weighted by Gasteiger charge is -2.23. The number of rotatable bonds is 15. The number of amides is 4. The first-order valence-electron chi connectivity index (χ1n) is 18.2. The first-order valence-corrected chi connectivity index (χ1v) is 19.0. The van der Waals surface area contributed by atoms with Crippen molar-refractivity contribution >= 4 is 68.8 Å². The molecule has 0 bridgehead atoms. The Morgan fingerprint density at radius 3 is 2.61 bits per heavy atom. The third kappa shape index (κ3) is 9.82. The normalized spacial score (nSPS) is 14.6. The fraction of sp³-hybridized carbons (Fsp3) is 0.359. The van der Waals surface area contributed by atoms with Gasteiger partial charge in [0, 0.05) is 61.3 Å². The van der Waals surface area contributed by atoms with Gasteiger partial charge >= 0.3 is 6.03 Å². The third-order valence-electron chi connectivity index (χ3n) is 9.19. The number of carbonyl (C=O) groups is 3. The number of methoxy groups -OCH3 is 1. The molecular weight excluding hydrogens is 761 g/mol. The van der Waals surface area contributed by atoms with Crippen LogP contribution >= 0.6 is 23.2 Å². The van der Waals surface area contributed by atoms with Gasteiger partial charge < -0.3 is 30.0 Å². The second-order valence-electron chi connectivity index (χ2n) is 13.1. The van der Waals surface area contributed by atoms with Crippen LogP contribution in [-0.2, 0) is 14.3 Å². The van der Waals surface area contributed by atoms with Gasteiger partial charge in [0.25, 0.3) is 5.56 Å². The molecule has 1 unspecified atom stereocenters. The van der Waals surface area contributed by atoms with Gasteiger partial charge in [-0.2, -0.15) is 5.10 Å². The molecule has 1 aliphatic rings. The van der Waals surface area contributed by atoms with Crippen LogP contribution in [0.5, 0.6) is 5.88 Å². The number of pyridine rings is 2. The molecule has 15 nitrogen and oxygen atoms in total. The zero-order valence-electron chi connectivity index (χ0n) is 30.9. The van der Waals surface area contributed by atoms with Crippen LogP contribution in [0.4, 0.5) is 16.2 Å². The highest BCUT2D eigenvalue weighted by Crippen LogP contribution is 2.29. The fourth-order valence-corrected chi connectivity index (χ4v) is 6.67. The maximum Gasteiger partial charge on any atom is 0.323 e. The van der Waals surface area contributed by atoms with Crippen LogP contribution in [0, 0.1) is 11.8 Å². The number of imide groups is 1. The van der Waals surface area contributed by atoms with E-state index in [4.69, 9.17) is 32.7 Å². The fourth-order valence-electron chi connectivity index (χ4n) is 6.34. The molecular formula is C39H41Cl2N9O6. The monoisotopic (exact) mass is 801 g/mol. The molecule has 5 heterocycles. The van der Waals surface area contributed by atoms with Crippen molar-refractivity contribution in [3.63, 3.8) is 0 Å². The zero-order valence-corrected chi connectivity index (χ0v) is 32.4. The highest BCUT2D eigenvalue weighted by molar-refractivity contribution is 6.31. The van der Waals surface area contributed by atoms with Crippen LogP contribution < -0.4 is 31.6 Å². The number of urea groups is 1. The summed E-state index contributed by atoms with van der Waals surface area (Å²) in [6.07, 6.45) is 9.20. The summed E-state index contributed by atoms with van der Waals surface area (Å²) in [4.78, 5) is 59.0. The van der Waals surface area contributed by atoms with Crippen LogP contribution in [0.3, 0.4) is 0 Å². The van der Waals surface area contributed by atoms with E-state index in [0.717, 1.165) is 37.6 Å². The Labute approximate surface area is 332 Å². The van der Waals surface area contributed by atoms with E-state index in [1.807, 2.05) is 19.1 Å². The van der Waals surface area contributed by atoms with Crippen molar-refractivity contribution in [1.29, 1.82) is 0 Å². The molecule has 1 aliphatic heterocycles. The summed E-state index contributed by atoms with van der Waals surface area (Å²) >= 11 is 12.3. The van der Waals surface area contributed by atoms with Crippen LogP contribution in [-0.4, -0.2) is 68.8 Å². The number of ether oxygens (including phenoxy) is 2. The predicted octanol–water partition coefficient (Wildman–Crippen LogP) is 6.05. The van der Waals surface area contributed by atoms with E-state index in [-0.39, 0.29) is 35.3 Å². The van der Waals surface area contributed by atoms with Crippen LogP contribution in [0.2, 0.25) is 10.2 Å². The first kappa shape index (κ1) is 40.1. The number of nitrogens with one attached hydrogen (secondary N) is 4. The molecule has 1 saturated heterocycles. The smallest absolute Gasteiger partial charge is 0.323 e. The van der Waals surface area contributed by atoms with E-state index in [2.05, 4.69) is 48.2 Å². The summed E-state index contributed by atoms with van der Waals surface area (Å²) in [6, 6.07) is 9.07. The molecule has 2 atom stereocenters. The number of aromatic nitrogens is 5. The zero-order chi connectivity index (χ0) is 39.6. The van der Waals surface area contributed by atoms with Crippen molar-refractivity contribution in [3.8, 4) is 17.7 Å². The highest BCUT2D eigenvalue weighted by atomic mass is 35.5. The van der Waals surface area contributed by atoms with Gasteiger partial charge in [0.1, 0.15) is 18.3 Å². The SMILES string of the molecule is CO[C@@H](C)c1c(NC(=O)Nc2cc(Cl)cnc2OCCNCCCCCCC#Cc2cn(C3CCC(=O)NC3=O)c(=O)c3ccccc23)cnc2cc(Cl)nn12. The number of benzene rings is 1. The lowest BCUT2D eigenvalue weighted by molar-refractivity contribution is -0.135. The average molecular weight is 803 g/mol. The quantitative estimate of drug-likeness (QED) is 0.0553. The maximum absolute atomic E-state index is 13.2. The number of halogens is 2. The molecule has 17 heteroatoms. The highest BCUT2D eigenvalue weighted by Gasteiger charge is 2.29. The molecule has 56 heavy (non-hydrogen) atoms. The number of hydrogen-bond donors (Lipinski definition) is 4. The van der Waals surface area contributed by atoms with E-state index in [9.17, 15) is 19.2 Å². The molecule has 6 rings (SSSR count). The van der Waals surface area contributed by atoms with Crippen LogP contribution in [0.15, 0.2) is 59.8 Å². The molecule has 0 spiro atoms. The number of fused-ring (bicyclic) bond motifs is 2. The number of hydrogen-bond acceptors (Lipinski definition) is 10. The minimum absolute atomic E-state index is 0.181. The number of carbonyl (C=O) groups excluding carboxylic acids is 3. The van der Waals surface area contributed by atoms with Gasteiger partial charge in [0.2, 0.25) is 17.7 Å². The van der Waals surface area contributed by atoms with Gasteiger partial charge in [-0.25, -0.2) is 19.3 Å². The topological polar surface area (TPSA) is 183 Å². The van der Waals surface area contributed by atoms with Crippen molar-refractivity contribution in [1.82, 2.24) is 34.8 Å². The molecule has 4 aromatic heterocycles. The largest absolute Gasteiger partial charge is 0.475 e. The number of nitrogens with zero attached hydrogens (tertiary/aromatic N) is 5. The predicted molar refractivity (Wildman–Crippen MR) is 213 cm³/mol. The molecule has 4 N–H and O–H groups in total. The van der Waals surface area contributed by atoms with Gasteiger partial charge in [-0.3, -0.25) is 19.7 Å². The van der Waals surface area contributed by atoms with Crippen LogP contribution in [0.25, 0.3) is 16.4 Å². The Hall–Kier alpha value is -5.53. The van der Waals surface area contributed by atoms with E-state index in [1.54, 1.807) is 37.6 Å². The van der Waals surface area contributed by atoms with Crippen molar-refractivity contribution in [2.75, 3.05) is 37.4 Å². The minimum Gasteiger partial charge on any atom is -0.475 e. The number of piperidine rings is 1. The van der Waals surface area contributed by atoms with Crippen molar-refractivity contribution in [2.45, 2.75) is 64.0 Å². The lowest BCUT2D eigenvalue weighted by Crippen LogP contribution is -2.44. The van der Waals surface area contributed by atoms with Gasteiger partial charge in [0.05, 0.1) is 28.7 Å². The summed E-state index contributed by atoms with van der Waals surface area (Å²) in [5.74, 6) is 5.86. The Balaban J connectivity index is 0.926. The maximum atomic E-state index is 13.2. The average Bonchev–Trinajstić information content (AvgIpc) is 3.56. The van der Waals surface area contributed by atoms with E-state index in [0.29, 0.717) is 58.3 Å². The molecule has 1 aromatic carbocycles. The third-order valence-corrected chi connectivity index (χ3v) is 9.58. The molecule has 4 amide bonds. The van der Waals surface area contributed by atoms with E-state index < -0.39 is 24.1 Å². The Morgan fingerprint density at radius 1 is 1.02 bits per heavy atom. The molecule has 0 aliphatic carbocycles. The van der Waals surface area contributed by atoms with Gasteiger partial charge in [0.15, 0.2) is 10.8 Å². The minimum atomic E-state index is -0.748. The molecule has 1 fully saturated rings. The molecule has 0 radical (unpaired) electrons. The summed E-state index contributed by atoms with van der Waals surface area (Å²) in [5.41, 5.74) is 2.13. The summed E-state index contributed by atoms with van der Waals surface area (Å²) in [5, 5.41) is 17.3.